The molecule has 5 aliphatic carbocycles. The maximum absolute atomic E-state index is 12.9. The first-order valence-corrected chi connectivity index (χ1v) is 16.9. The zero-order chi connectivity index (χ0) is 31.4. The van der Waals surface area contributed by atoms with Crippen LogP contribution in [0.2, 0.25) is 0 Å². The van der Waals surface area contributed by atoms with Crippen molar-refractivity contribution in [3.05, 3.63) is 11.6 Å². The molecule has 0 bridgehead atoms. The number of aliphatic carboxylic acids is 1. The molecule has 0 aromatic rings. The first kappa shape index (κ1) is 31.9. The van der Waals surface area contributed by atoms with Gasteiger partial charge in [-0.1, -0.05) is 53.2 Å². The van der Waals surface area contributed by atoms with Crippen LogP contribution in [0.15, 0.2) is 11.6 Å². The van der Waals surface area contributed by atoms with Crippen LogP contribution in [0.5, 0.6) is 0 Å². The zero-order valence-electron chi connectivity index (χ0n) is 27.1. The highest BCUT2D eigenvalue weighted by molar-refractivity contribution is 5.76. The summed E-state index contributed by atoms with van der Waals surface area (Å²) in [6.45, 7) is 14.1. The van der Waals surface area contributed by atoms with Crippen LogP contribution in [0.1, 0.15) is 106 Å². The van der Waals surface area contributed by atoms with Crippen molar-refractivity contribution in [1.82, 2.24) is 0 Å². The van der Waals surface area contributed by atoms with Crippen LogP contribution in [0.25, 0.3) is 0 Å². The second kappa shape index (κ2) is 10.2. The Morgan fingerprint density at radius 3 is 2.30 bits per heavy atom. The van der Waals surface area contributed by atoms with E-state index in [1.54, 1.807) is 0 Å². The van der Waals surface area contributed by atoms with Gasteiger partial charge in [0.05, 0.1) is 24.7 Å². The molecule has 0 aromatic carbocycles. The standard InChI is InChI=1S/C35H56O8/c1-30(2)13-15-35(29(40)41)16-14-33(5)20(21(35)17-30)7-8-24-31(3)11-10-25-32(4,23(31)9-12-34(24,33)6)19-42-28(43-25)27(39)26(38)22(37)18-36/h7,21-28,36-39H,8-19H2,1-6H3,(H,40,41)/t21-,22+,23+,24+,25-,26-,27+,28+,31-,32-,33+,34+,35-/m0/s1. The van der Waals surface area contributed by atoms with Gasteiger partial charge < -0.3 is 35.0 Å². The summed E-state index contributed by atoms with van der Waals surface area (Å²) in [7, 11) is 0. The molecule has 0 spiro atoms. The number of rotatable bonds is 5. The Hall–Kier alpha value is -1.03. The lowest BCUT2D eigenvalue weighted by atomic mass is 9.33. The van der Waals surface area contributed by atoms with Gasteiger partial charge in [0, 0.05) is 5.41 Å². The summed E-state index contributed by atoms with van der Waals surface area (Å²) in [5.74, 6) is 0.331. The number of carbonyl (C=O) groups is 1. The monoisotopic (exact) mass is 604 g/mol. The van der Waals surface area contributed by atoms with E-state index in [9.17, 15) is 30.3 Å². The van der Waals surface area contributed by atoms with Crippen molar-refractivity contribution in [2.24, 2.45) is 50.2 Å². The molecular weight excluding hydrogens is 548 g/mol. The van der Waals surface area contributed by atoms with E-state index in [-0.39, 0.29) is 39.1 Å². The summed E-state index contributed by atoms with van der Waals surface area (Å²) in [6, 6.07) is 0. The van der Waals surface area contributed by atoms with E-state index in [2.05, 4.69) is 47.6 Å². The van der Waals surface area contributed by atoms with Crippen molar-refractivity contribution in [3.63, 3.8) is 0 Å². The van der Waals surface area contributed by atoms with E-state index in [1.807, 2.05) is 0 Å². The maximum Gasteiger partial charge on any atom is 0.310 e. The summed E-state index contributed by atoms with van der Waals surface area (Å²) in [5, 5.41) is 50.7. The fourth-order valence-corrected chi connectivity index (χ4v) is 12.0. The van der Waals surface area contributed by atoms with Gasteiger partial charge in [-0.2, -0.15) is 0 Å². The highest BCUT2D eigenvalue weighted by atomic mass is 16.7. The summed E-state index contributed by atoms with van der Waals surface area (Å²) in [5.41, 5.74) is 0.800. The molecule has 13 atom stereocenters. The van der Waals surface area contributed by atoms with Gasteiger partial charge in [-0.25, -0.2) is 0 Å². The van der Waals surface area contributed by atoms with Crippen molar-refractivity contribution in [3.8, 4) is 0 Å². The maximum atomic E-state index is 12.9. The van der Waals surface area contributed by atoms with Gasteiger partial charge >= 0.3 is 5.97 Å². The largest absolute Gasteiger partial charge is 0.481 e. The Bertz CT molecular complexity index is 1150. The van der Waals surface area contributed by atoms with E-state index in [0.29, 0.717) is 18.4 Å². The minimum atomic E-state index is -1.56. The second-order valence-electron chi connectivity index (χ2n) is 17.3. The Balaban J connectivity index is 1.29. The predicted octanol–water partition coefficient (Wildman–Crippen LogP) is 4.67. The predicted molar refractivity (Wildman–Crippen MR) is 161 cm³/mol. The number of carboxylic acids is 1. The van der Waals surface area contributed by atoms with Crippen LogP contribution in [-0.2, 0) is 14.3 Å². The third-order valence-electron chi connectivity index (χ3n) is 14.9. The van der Waals surface area contributed by atoms with E-state index in [1.165, 1.54) is 5.57 Å². The molecule has 1 heterocycles. The number of aliphatic hydroxyl groups is 4. The number of allylic oxidation sites excluding steroid dienone is 2. The number of ether oxygens (including phenoxy) is 2. The Labute approximate surface area is 257 Å². The zero-order valence-corrected chi connectivity index (χ0v) is 27.1. The SMILES string of the molecule is CC1(C)CC[C@]2(C(=O)O)CC[C@]3(C)C(=CC[C@@H]4[C@@]5(C)CC[C@@H]6O[C@H]([C@H](O)[C@@H](O)[C@H](O)CO)OC[C@@]6(C)[C@@H]5CC[C@]43C)[C@@H]2C1. The van der Waals surface area contributed by atoms with Gasteiger partial charge in [0.2, 0.25) is 0 Å². The van der Waals surface area contributed by atoms with Crippen LogP contribution in [-0.4, -0.2) is 75.4 Å². The molecule has 43 heavy (non-hydrogen) atoms. The molecule has 6 aliphatic rings. The number of aliphatic hydroxyl groups excluding tert-OH is 4. The summed E-state index contributed by atoms with van der Waals surface area (Å²) in [4.78, 5) is 12.9. The number of fused-ring (bicyclic) bond motifs is 9. The smallest absolute Gasteiger partial charge is 0.310 e. The van der Waals surface area contributed by atoms with Gasteiger partial charge in [0.1, 0.15) is 18.3 Å². The van der Waals surface area contributed by atoms with E-state index in [4.69, 9.17) is 9.47 Å². The lowest BCUT2D eigenvalue weighted by Gasteiger charge is -2.72. The van der Waals surface area contributed by atoms with E-state index >= 15 is 0 Å². The van der Waals surface area contributed by atoms with Crippen molar-refractivity contribution in [2.75, 3.05) is 13.2 Å². The van der Waals surface area contributed by atoms with Gasteiger partial charge in [0.25, 0.3) is 0 Å². The first-order chi connectivity index (χ1) is 20.0. The molecule has 5 fully saturated rings. The van der Waals surface area contributed by atoms with Gasteiger partial charge in [0.15, 0.2) is 6.29 Å². The number of carboxylic acid groups (broad SMARTS) is 1. The van der Waals surface area contributed by atoms with Crippen LogP contribution in [0.3, 0.4) is 0 Å². The Kier molecular flexibility index (Phi) is 7.60. The molecule has 244 valence electrons. The minimum Gasteiger partial charge on any atom is -0.481 e. The summed E-state index contributed by atoms with van der Waals surface area (Å²) in [6.07, 6.45) is 6.18. The molecular formula is C35H56O8. The average molecular weight is 605 g/mol. The molecule has 8 heteroatoms. The van der Waals surface area contributed by atoms with Crippen molar-refractivity contribution in [1.29, 1.82) is 0 Å². The van der Waals surface area contributed by atoms with Crippen molar-refractivity contribution in [2.45, 2.75) is 136 Å². The fourth-order valence-electron chi connectivity index (χ4n) is 12.0. The minimum absolute atomic E-state index is 0.0306. The molecule has 5 N–H and O–H groups in total. The van der Waals surface area contributed by atoms with Crippen molar-refractivity contribution < 1.29 is 39.8 Å². The van der Waals surface area contributed by atoms with Crippen LogP contribution in [0, 0.1) is 50.2 Å². The topological polar surface area (TPSA) is 137 Å². The Morgan fingerprint density at radius 1 is 0.930 bits per heavy atom. The van der Waals surface area contributed by atoms with Gasteiger partial charge in [-0.05, 0) is 104 Å². The first-order valence-electron chi connectivity index (χ1n) is 16.9. The lowest BCUT2D eigenvalue weighted by molar-refractivity contribution is -0.340. The fraction of sp³-hybridized carbons (Fsp3) is 0.914. The molecule has 1 aliphatic heterocycles. The van der Waals surface area contributed by atoms with Gasteiger partial charge in [-0.3, -0.25) is 4.79 Å². The molecule has 0 aromatic heterocycles. The third-order valence-corrected chi connectivity index (χ3v) is 14.9. The number of hydrogen-bond acceptors (Lipinski definition) is 7. The molecule has 8 nitrogen and oxygen atoms in total. The van der Waals surface area contributed by atoms with Crippen LogP contribution >= 0.6 is 0 Å². The van der Waals surface area contributed by atoms with Crippen LogP contribution < -0.4 is 0 Å². The normalized spacial score (nSPS) is 50.8. The molecule has 0 radical (unpaired) electrons. The highest BCUT2D eigenvalue weighted by Gasteiger charge is 2.70. The molecule has 0 amide bonds. The highest BCUT2D eigenvalue weighted by Crippen LogP contribution is 2.76. The van der Waals surface area contributed by atoms with Crippen LogP contribution in [0.4, 0.5) is 0 Å². The molecule has 1 saturated heterocycles. The van der Waals surface area contributed by atoms with Gasteiger partial charge in [-0.15, -0.1) is 0 Å². The van der Waals surface area contributed by atoms with E-state index in [0.717, 1.165) is 64.2 Å². The third kappa shape index (κ3) is 4.32. The summed E-state index contributed by atoms with van der Waals surface area (Å²) >= 11 is 0. The molecule has 4 saturated carbocycles. The Morgan fingerprint density at radius 2 is 1.63 bits per heavy atom. The molecule has 6 rings (SSSR count). The summed E-state index contributed by atoms with van der Waals surface area (Å²) < 4.78 is 12.5. The van der Waals surface area contributed by atoms with Crippen molar-refractivity contribution >= 4 is 5.97 Å². The number of hydrogen-bond donors (Lipinski definition) is 5. The second-order valence-corrected chi connectivity index (χ2v) is 17.3. The lowest BCUT2D eigenvalue weighted by Crippen LogP contribution is -2.68. The quantitative estimate of drug-likeness (QED) is 0.286. The van der Waals surface area contributed by atoms with E-state index < -0.39 is 42.6 Å². The average Bonchev–Trinajstić information content (AvgIpc) is 2.95. The molecule has 0 unspecified atom stereocenters.